The minimum absolute atomic E-state index is 0.293. The van der Waals surface area contributed by atoms with Crippen LogP contribution in [0.3, 0.4) is 0 Å². The van der Waals surface area contributed by atoms with E-state index in [1.807, 2.05) is 37.4 Å². The Labute approximate surface area is 165 Å². The van der Waals surface area contributed by atoms with Crippen LogP contribution < -0.4 is 10.1 Å². The number of pyridine rings is 1. The van der Waals surface area contributed by atoms with E-state index in [1.54, 1.807) is 0 Å². The Hall–Kier alpha value is -2.66. The van der Waals surface area contributed by atoms with Gasteiger partial charge in [0.15, 0.2) is 11.6 Å². The molecule has 0 unspecified atom stereocenters. The van der Waals surface area contributed by atoms with Crippen LogP contribution in [0.2, 0.25) is 0 Å². The molecule has 1 fully saturated rings. The van der Waals surface area contributed by atoms with E-state index in [0.717, 1.165) is 49.2 Å². The van der Waals surface area contributed by atoms with Crippen molar-refractivity contribution in [2.24, 2.45) is 0 Å². The summed E-state index contributed by atoms with van der Waals surface area (Å²) in [4.78, 5) is 6.86. The highest BCUT2D eigenvalue weighted by Gasteiger charge is 2.20. The van der Waals surface area contributed by atoms with E-state index in [4.69, 9.17) is 4.74 Å². The molecule has 0 atom stereocenters. The summed E-state index contributed by atoms with van der Waals surface area (Å²) >= 11 is 0. The lowest BCUT2D eigenvalue weighted by Gasteiger charge is -2.33. The van der Waals surface area contributed by atoms with Crippen molar-refractivity contribution in [3.63, 3.8) is 0 Å². The molecule has 0 radical (unpaired) electrons. The number of nitrogens with zero attached hydrogens (tertiary/aromatic N) is 2. The molecule has 0 spiro atoms. The lowest BCUT2D eigenvalue weighted by atomic mass is 10.0. The fraction of sp³-hybridized carbons (Fsp3) is 0.348. The Balaban J connectivity index is 1.35. The van der Waals surface area contributed by atoms with Crippen LogP contribution in [0.4, 0.5) is 10.1 Å². The fourth-order valence-corrected chi connectivity index (χ4v) is 3.85. The smallest absolute Gasteiger partial charge is 0.165 e. The molecule has 28 heavy (non-hydrogen) atoms. The van der Waals surface area contributed by atoms with E-state index in [0.29, 0.717) is 18.4 Å². The van der Waals surface area contributed by atoms with Gasteiger partial charge in [-0.2, -0.15) is 0 Å². The van der Waals surface area contributed by atoms with Gasteiger partial charge in [-0.3, -0.25) is 9.88 Å². The number of piperidine rings is 1. The van der Waals surface area contributed by atoms with Gasteiger partial charge in [0.2, 0.25) is 0 Å². The molecule has 1 saturated heterocycles. The Kier molecular flexibility index (Phi) is 5.72. The monoisotopic (exact) mass is 379 g/mol. The van der Waals surface area contributed by atoms with Crippen molar-refractivity contribution < 1.29 is 9.13 Å². The zero-order chi connectivity index (χ0) is 19.3. The Morgan fingerprint density at radius 2 is 1.96 bits per heavy atom. The van der Waals surface area contributed by atoms with Crippen molar-refractivity contribution in [1.82, 2.24) is 9.88 Å². The summed E-state index contributed by atoms with van der Waals surface area (Å²) < 4.78 is 19.1. The molecule has 1 aliphatic heterocycles. The van der Waals surface area contributed by atoms with E-state index >= 15 is 0 Å². The van der Waals surface area contributed by atoms with Crippen LogP contribution in [0.25, 0.3) is 10.9 Å². The number of likely N-dealkylation sites (tertiary alicyclic amines) is 1. The minimum Gasteiger partial charge on any atom is -0.491 e. The molecule has 3 aromatic rings. The molecular weight excluding hydrogens is 353 g/mol. The number of rotatable bonds is 6. The third-order valence-electron chi connectivity index (χ3n) is 5.30. The third-order valence-corrected chi connectivity index (χ3v) is 5.30. The number of anilines is 1. The van der Waals surface area contributed by atoms with Gasteiger partial charge in [0.05, 0.1) is 12.1 Å². The van der Waals surface area contributed by atoms with E-state index in [9.17, 15) is 4.39 Å². The van der Waals surface area contributed by atoms with Gasteiger partial charge in [0.25, 0.3) is 0 Å². The van der Waals surface area contributed by atoms with Crippen molar-refractivity contribution in [3.05, 3.63) is 66.1 Å². The number of hydrogen-bond donors (Lipinski definition) is 1. The number of halogens is 1. The zero-order valence-electron chi connectivity index (χ0n) is 16.2. The van der Waals surface area contributed by atoms with Crippen molar-refractivity contribution in [2.75, 3.05) is 25.0 Å². The summed E-state index contributed by atoms with van der Waals surface area (Å²) in [6.07, 6.45) is 4.02. The van der Waals surface area contributed by atoms with E-state index in [-0.39, 0.29) is 5.82 Å². The van der Waals surface area contributed by atoms with Crippen LogP contribution in [-0.4, -0.2) is 35.6 Å². The number of benzene rings is 2. The van der Waals surface area contributed by atoms with Gasteiger partial charge in [-0.05, 0) is 49.6 Å². The van der Waals surface area contributed by atoms with Crippen LogP contribution in [-0.2, 0) is 6.54 Å². The SMILES string of the molecule is CCOc1cc(CN2CCC(Nc3ccnc4ccccc34)CC2)ccc1F. The van der Waals surface area contributed by atoms with Gasteiger partial charge in [-0.1, -0.05) is 24.3 Å². The van der Waals surface area contributed by atoms with Gasteiger partial charge in [0.1, 0.15) is 0 Å². The van der Waals surface area contributed by atoms with Crippen molar-refractivity contribution >= 4 is 16.6 Å². The van der Waals surface area contributed by atoms with Gasteiger partial charge < -0.3 is 10.1 Å². The van der Waals surface area contributed by atoms with E-state index in [1.165, 1.54) is 11.5 Å². The first kappa shape index (κ1) is 18.7. The maximum atomic E-state index is 13.8. The number of hydrogen-bond acceptors (Lipinski definition) is 4. The Morgan fingerprint density at radius 3 is 2.79 bits per heavy atom. The molecule has 5 heteroatoms. The topological polar surface area (TPSA) is 37.4 Å². The van der Waals surface area contributed by atoms with Crippen molar-refractivity contribution in [1.29, 1.82) is 0 Å². The highest BCUT2D eigenvalue weighted by atomic mass is 19.1. The molecule has 1 N–H and O–H groups in total. The molecule has 2 aromatic carbocycles. The molecular formula is C23H26FN3O. The number of ether oxygens (including phenoxy) is 1. The van der Waals surface area contributed by atoms with Gasteiger partial charge in [-0.25, -0.2) is 4.39 Å². The number of para-hydroxylation sites is 1. The standard InChI is InChI=1S/C23H26FN3O/c1-2-28-23-15-17(7-8-20(23)24)16-27-13-10-18(11-14-27)26-22-9-12-25-21-6-4-3-5-19(21)22/h3-9,12,15,18H,2,10-11,13-14,16H2,1H3,(H,25,26). The van der Waals surface area contributed by atoms with Crippen molar-refractivity contribution in [2.45, 2.75) is 32.4 Å². The maximum Gasteiger partial charge on any atom is 0.165 e. The van der Waals surface area contributed by atoms with Gasteiger partial charge in [0, 0.05) is 42.9 Å². The van der Waals surface area contributed by atoms with E-state index in [2.05, 4.69) is 33.4 Å². The Morgan fingerprint density at radius 1 is 1.14 bits per heavy atom. The average Bonchev–Trinajstić information content (AvgIpc) is 2.72. The highest BCUT2D eigenvalue weighted by molar-refractivity contribution is 5.90. The summed E-state index contributed by atoms with van der Waals surface area (Å²) in [5, 5.41) is 4.87. The molecule has 4 nitrogen and oxygen atoms in total. The number of fused-ring (bicyclic) bond motifs is 1. The molecule has 0 bridgehead atoms. The van der Waals surface area contributed by atoms with Crippen LogP contribution >= 0.6 is 0 Å². The second-order valence-corrected chi connectivity index (χ2v) is 7.27. The summed E-state index contributed by atoms with van der Waals surface area (Å²) in [6.45, 7) is 5.20. The van der Waals surface area contributed by atoms with Gasteiger partial charge >= 0.3 is 0 Å². The molecule has 0 aliphatic carbocycles. The van der Waals surface area contributed by atoms with Crippen molar-refractivity contribution in [3.8, 4) is 5.75 Å². The largest absolute Gasteiger partial charge is 0.491 e. The van der Waals surface area contributed by atoms with Gasteiger partial charge in [-0.15, -0.1) is 0 Å². The van der Waals surface area contributed by atoms with Crippen LogP contribution in [0.5, 0.6) is 5.75 Å². The Bertz CT molecular complexity index is 933. The second-order valence-electron chi connectivity index (χ2n) is 7.27. The summed E-state index contributed by atoms with van der Waals surface area (Å²) in [7, 11) is 0. The van der Waals surface area contributed by atoms with Crippen LogP contribution in [0, 0.1) is 5.82 Å². The number of nitrogens with one attached hydrogen (secondary N) is 1. The summed E-state index contributed by atoms with van der Waals surface area (Å²) in [5.74, 6) is 0.0548. The highest BCUT2D eigenvalue weighted by Crippen LogP contribution is 2.25. The predicted octanol–water partition coefficient (Wildman–Crippen LogP) is 4.85. The number of aromatic nitrogens is 1. The average molecular weight is 379 g/mol. The quantitative estimate of drug-likeness (QED) is 0.664. The summed E-state index contributed by atoms with van der Waals surface area (Å²) in [5.41, 5.74) is 3.27. The molecule has 1 aromatic heterocycles. The predicted molar refractivity (Wildman–Crippen MR) is 111 cm³/mol. The van der Waals surface area contributed by atoms with E-state index < -0.39 is 0 Å². The first-order valence-electron chi connectivity index (χ1n) is 9.97. The molecule has 0 amide bonds. The normalized spacial score (nSPS) is 15.6. The second kappa shape index (κ2) is 8.57. The lowest BCUT2D eigenvalue weighted by molar-refractivity contribution is 0.211. The first-order valence-corrected chi connectivity index (χ1v) is 9.97. The fourth-order valence-electron chi connectivity index (χ4n) is 3.85. The third kappa shape index (κ3) is 4.25. The van der Waals surface area contributed by atoms with Crippen LogP contribution in [0.15, 0.2) is 54.7 Å². The zero-order valence-corrected chi connectivity index (χ0v) is 16.2. The van der Waals surface area contributed by atoms with Crippen LogP contribution in [0.1, 0.15) is 25.3 Å². The lowest BCUT2D eigenvalue weighted by Crippen LogP contribution is -2.38. The molecule has 2 heterocycles. The summed E-state index contributed by atoms with van der Waals surface area (Å²) in [6, 6.07) is 15.9. The molecule has 4 rings (SSSR count). The molecule has 146 valence electrons. The molecule has 0 saturated carbocycles. The molecule has 1 aliphatic rings. The first-order chi connectivity index (χ1) is 13.7. The maximum absolute atomic E-state index is 13.8. The minimum atomic E-state index is -0.293.